The number of pyridine rings is 1. The number of nitro groups is 1. The average Bonchev–Trinajstić information content (AvgIpc) is 2.92. The second-order valence-electron chi connectivity index (χ2n) is 5.04. The second-order valence-corrected chi connectivity index (χ2v) is 5.04. The number of nitriles is 1. The third-order valence-electron chi connectivity index (χ3n) is 3.97. The molecule has 1 N–H and O–H groups in total. The number of carbonyl (C=O) groups is 1. The fourth-order valence-corrected chi connectivity index (χ4v) is 2.55. The molecular weight excluding hydrogens is 276 g/mol. The van der Waals surface area contributed by atoms with Gasteiger partial charge in [-0.1, -0.05) is 6.92 Å². The van der Waals surface area contributed by atoms with E-state index in [-0.39, 0.29) is 17.8 Å². The lowest BCUT2D eigenvalue weighted by molar-refractivity contribution is -0.385. The first-order chi connectivity index (χ1) is 9.93. The largest absolute Gasteiger partial charge is 0.481 e. The van der Waals surface area contributed by atoms with E-state index in [1.165, 1.54) is 0 Å². The van der Waals surface area contributed by atoms with Crippen LogP contribution in [0.2, 0.25) is 0 Å². The number of hydrogen-bond donors (Lipinski definition) is 1. The first-order valence-corrected chi connectivity index (χ1v) is 6.46. The van der Waals surface area contributed by atoms with Gasteiger partial charge in [0, 0.05) is 19.2 Å². The topological polar surface area (TPSA) is 120 Å². The Balaban J connectivity index is 2.34. The van der Waals surface area contributed by atoms with Crippen molar-refractivity contribution in [1.82, 2.24) is 4.98 Å². The molecule has 1 aliphatic rings. The minimum atomic E-state index is -0.868. The van der Waals surface area contributed by atoms with E-state index in [9.17, 15) is 20.0 Å². The number of rotatable bonds is 4. The van der Waals surface area contributed by atoms with Crippen LogP contribution in [0, 0.1) is 26.9 Å². The van der Waals surface area contributed by atoms with E-state index in [1.54, 1.807) is 4.90 Å². The number of carboxylic acid groups (broad SMARTS) is 1. The van der Waals surface area contributed by atoms with Gasteiger partial charge in [-0.25, -0.2) is 4.98 Å². The van der Waals surface area contributed by atoms with Gasteiger partial charge in [0.15, 0.2) is 0 Å². The van der Waals surface area contributed by atoms with E-state index < -0.39 is 16.3 Å². The highest BCUT2D eigenvalue weighted by molar-refractivity contribution is 5.77. The number of hydrogen-bond acceptors (Lipinski definition) is 6. The maximum absolute atomic E-state index is 11.4. The van der Waals surface area contributed by atoms with Crippen molar-refractivity contribution in [2.24, 2.45) is 5.41 Å². The molecule has 1 atom stereocenters. The van der Waals surface area contributed by atoms with E-state index in [0.717, 1.165) is 12.3 Å². The molecule has 0 aliphatic carbocycles. The van der Waals surface area contributed by atoms with Gasteiger partial charge in [-0.05, 0) is 12.8 Å². The first kappa shape index (κ1) is 14.7. The molecule has 8 heteroatoms. The Hall–Kier alpha value is -2.69. The third kappa shape index (κ3) is 2.50. The molecule has 0 bridgehead atoms. The summed E-state index contributed by atoms with van der Waals surface area (Å²) in [5.41, 5.74) is -1.02. The third-order valence-corrected chi connectivity index (χ3v) is 3.97. The molecule has 1 unspecified atom stereocenters. The number of carboxylic acids is 1. The molecule has 8 nitrogen and oxygen atoms in total. The Labute approximate surface area is 120 Å². The summed E-state index contributed by atoms with van der Waals surface area (Å²) in [7, 11) is 0. The molecule has 110 valence electrons. The SMILES string of the molecule is CCC1(C(=O)O)CCN(c2ncc([N+](=O)[O-])cc2C#N)C1. The van der Waals surface area contributed by atoms with Crippen molar-refractivity contribution < 1.29 is 14.8 Å². The van der Waals surface area contributed by atoms with Gasteiger partial charge in [-0.15, -0.1) is 0 Å². The molecule has 1 saturated heterocycles. The lowest BCUT2D eigenvalue weighted by atomic mass is 9.84. The zero-order chi connectivity index (χ0) is 15.6. The zero-order valence-corrected chi connectivity index (χ0v) is 11.4. The Morgan fingerprint density at radius 3 is 2.90 bits per heavy atom. The molecule has 1 aromatic heterocycles. The summed E-state index contributed by atoms with van der Waals surface area (Å²) in [6.07, 6.45) is 2.03. The van der Waals surface area contributed by atoms with Crippen LogP contribution in [0.3, 0.4) is 0 Å². The van der Waals surface area contributed by atoms with Crippen molar-refractivity contribution in [3.63, 3.8) is 0 Å². The monoisotopic (exact) mass is 290 g/mol. The molecule has 1 aromatic rings. The Bertz CT molecular complexity index is 640. The number of nitrogens with zero attached hydrogens (tertiary/aromatic N) is 4. The van der Waals surface area contributed by atoms with E-state index in [1.807, 2.05) is 13.0 Å². The van der Waals surface area contributed by atoms with Gasteiger partial charge in [-0.3, -0.25) is 14.9 Å². The lowest BCUT2D eigenvalue weighted by Crippen LogP contribution is -2.34. The van der Waals surface area contributed by atoms with Crippen LogP contribution in [0.15, 0.2) is 12.3 Å². The van der Waals surface area contributed by atoms with Crippen molar-refractivity contribution in [3.05, 3.63) is 27.9 Å². The maximum Gasteiger partial charge on any atom is 0.311 e. The molecular formula is C13H14N4O4. The van der Waals surface area contributed by atoms with Crippen molar-refractivity contribution in [2.45, 2.75) is 19.8 Å². The van der Waals surface area contributed by atoms with Gasteiger partial charge in [-0.2, -0.15) is 5.26 Å². The van der Waals surface area contributed by atoms with Gasteiger partial charge < -0.3 is 10.0 Å². The first-order valence-electron chi connectivity index (χ1n) is 6.46. The summed E-state index contributed by atoms with van der Waals surface area (Å²) in [6, 6.07) is 3.05. The van der Waals surface area contributed by atoms with Crippen LogP contribution in [0.5, 0.6) is 0 Å². The summed E-state index contributed by atoms with van der Waals surface area (Å²) < 4.78 is 0. The van der Waals surface area contributed by atoms with Crippen molar-refractivity contribution >= 4 is 17.5 Å². The summed E-state index contributed by atoms with van der Waals surface area (Å²) in [4.78, 5) is 27.2. The summed E-state index contributed by atoms with van der Waals surface area (Å²) >= 11 is 0. The van der Waals surface area contributed by atoms with E-state index >= 15 is 0 Å². The normalized spacial score (nSPS) is 21.0. The smallest absolute Gasteiger partial charge is 0.311 e. The molecule has 0 saturated carbocycles. The average molecular weight is 290 g/mol. The van der Waals surface area contributed by atoms with Gasteiger partial charge in [0.05, 0.1) is 10.3 Å². The highest BCUT2D eigenvalue weighted by atomic mass is 16.6. The van der Waals surface area contributed by atoms with Crippen LogP contribution in [-0.4, -0.2) is 34.1 Å². The molecule has 0 amide bonds. The Kier molecular flexibility index (Phi) is 3.76. The fourth-order valence-electron chi connectivity index (χ4n) is 2.55. The van der Waals surface area contributed by atoms with Gasteiger partial charge >= 0.3 is 5.97 Å². The predicted molar refractivity (Wildman–Crippen MR) is 72.8 cm³/mol. The molecule has 1 aliphatic heterocycles. The van der Waals surface area contributed by atoms with Gasteiger partial charge in [0.2, 0.25) is 0 Å². The van der Waals surface area contributed by atoms with Gasteiger partial charge in [0.25, 0.3) is 5.69 Å². The van der Waals surface area contributed by atoms with E-state index in [0.29, 0.717) is 25.2 Å². The highest BCUT2D eigenvalue weighted by Crippen LogP contribution is 2.37. The van der Waals surface area contributed by atoms with Crippen LogP contribution in [0.4, 0.5) is 11.5 Å². The molecule has 2 rings (SSSR count). The number of anilines is 1. The quantitative estimate of drug-likeness (QED) is 0.659. The van der Waals surface area contributed by atoms with Crippen LogP contribution < -0.4 is 4.90 Å². The van der Waals surface area contributed by atoms with Crippen molar-refractivity contribution in [3.8, 4) is 6.07 Å². The summed E-state index contributed by atoms with van der Waals surface area (Å²) in [6.45, 7) is 2.52. The second kappa shape index (κ2) is 5.36. The summed E-state index contributed by atoms with van der Waals surface area (Å²) in [5, 5.41) is 29.2. The van der Waals surface area contributed by atoms with Crippen molar-refractivity contribution in [1.29, 1.82) is 5.26 Å². The highest BCUT2D eigenvalue weighted by Gasteiger charge is 2.44. The summed E-state index contributed by atoms with van der Waals surface area (Å²) in [5.74, 6) is -0.562. The van der Waals surface area contributed by atoms with Gasteiger partial charge in [0.1, 0.15) is 23.6 Å². The molecule has 2 heterocycles. The molecule has 0 radical (unpaired) electrons. The van der Waals surface area contributed by atoms with Crippen LogP contribution in [0.1, 0.15) is 25.3 Å². The molecule has 0 aromatic carbocycles. The Morgan fingerprint density at radius 1 is 1.71 bits per heavy atom. The van der Waals surface area contributed by atoms with Crippen LogP contribution >= 0.6 is 0 Å². The fraction of sp³-hybridized carbons (Fsp3) is 0.462. The van der Waals surface area contributed by atoms with Crippen molar-refractivity contribution in [2.75, 3.05) is 18.0 Å². The minimum absolute atomic E-state index is 0.0847. The number of aliphatic carboxylic acids is 1. The van der Waals surface area contributed by atoms with Crippen LogP contribution in [-0.2, 0) is 4.79 Å². The van der Waals surface area contributed by atoms with E-state index in [2.05, 4.69) is 4.98 Å². The van der Waals surface area contributed by atoms with E-state index in [4.69, 9.17) is 5.26 Å². The minimum Gasteiger partial charge on any atom is -0.481 e. The maximum atomic E-state index is 11.4. The predicted octanol–water partition coefficient (Wildman–Crippen LogP) is 1.55. The number of aromatic nitrogens is 1. The Morgan fingerprint density at radius 2 is 2.43 bits per heavy atom. The van der Waals surface area contributed by atoms with Crippen LogP contribution in [0.25, 0.3) is 0 Å². The molecule has 1 fully saturated rings. The molecule has 21 heavy (non-hydrogen) atoms. The zero-order valence-electron chi connectivity index (χ0n) is 11.4. The lowest BCUT2D eigenvalue weighted by Gasteiger charge is -2.23. The molecule has 0 spiro atoms. The standard InChI is InChI=1S/C13H14N4O4/c1-2-13(12(18)19)3-4-16(8-13)11-9(6-14)5-10(7-15-11)17(20)21/h5,7H,2-4,8H2,1H3,(H,18,19).